The smallest absolute Gasteiger partial charge is 0.244 e. The number of carbonyl (C=O) groups is 1. The van der Waals surface area contributed by atoms with Crippen LogP contribution in [-0.4, -0.2) is 44.3 Å². The average Bonchev–Trinajstić information content (AvgIpc) is 2.58. The summed E-state index contributed by atoms with van der Waals surface area (Å²) in [5.74, 6) is -0.150. The van der Waals surface area contributed by atoms with E-state index >= 15 is 0 Å². The van der Waals surface area contributed by atoms with E-state index in [1.54, 1.807) is 19.9 Å². The van der Waals surface area contributed by atoms with Gasteiger partial charge in [0.2, 0.25) is 15.9 Å². The fourth-order valence-corrected chi connectivity index (χ4v) is 4.74. The molecule has 0 bridgehead atoms. The molecular weight excluding hydrogens is 350 g/mol. The van der Waals surface area contributed by atoms with Crippen LogP contribution in [0.15, 0.2) is 23.1 Å². The summed E-state index contributed by atoms with van der Waals surface area (Å²) in [7, 11) is -3.68. The predicted molar refractivity (Wildman–Crippen MR) is 95.8 cm³/mol. The Morgan fingerprint density at radius 1 is 1.33 bits per heavy atom. The highest BCUT2D eigenvalue weighted by Crippen LogP contribution is 2.28. The molecule has 24 heavy (non-hydrogen) atoms. The molecule has 6 nitrogen and oxygen atoms in total. The highest BCUT2D eigenvalue weighted by atomic mass is 35.5. The van der Waals surface area contributed by atoms with Crippen LogP contribution in [0.4, 0.5) is 5.69 Å². The van der Waals surface area contributed by atoms with Gasteiger partial charge in [0.25, 0.3) is 0 Å². The van der Waals surface area contributed by atoms with E-state index in [0.29, 0.717) is 18.8 Å². The number of piperidine rings is 1. The van der Waals surface area contributed by atoms with Crippen molar-refractivity contribution < 1.29 is 13.2 Å². The van der Waals surface area contributed by atoms with Gasteiger partial charge >= 0.3 is 0 Å². The molecule has 2 rings (SSSR count). The monoisotopic (exact) mass is 373 g/mol. The Morgan fingerprint density at radius 2 is 2.04 bits per heavy atom. The molecule has 0 radical (unpaired) electrons. The molecule has 1 aromatic carbocycles. The largest absolute Gasteiger partial charge is 0.325 e. The van der Waals surface area contributed by atoms with Crippen molar-refractivity contribution in [2.75, 3.05) is 25.0 Å². The van der Waals surface area contributed by atoms with Gasteiger partial charge in [-0.15, -0.1) is 0 Å². The lowest BCUT2D eigenvalue weighted by atomic mass is 10.0. The second-order valence-corrected chi connectivity index (χ2v) is 8.04. The molecule has 1 unspecified atom stereocenters. The van der Waals surface area contributed by atoms with Crippen LogP contribution in [0.1, 0.15) is 33.1 Å². The van der Waals surface area contributed by atoms with E-state index in [9.17, 15) is 13.2 Å². The number of halogens is 1. The first-order valence-electron chi connectivity index (χ1n) is 8.24. The van der Waals surface area contributed by atoms with Gasteiger partial charge in [0.05, 0.1) is 11.1 Å². The Bertz CT molecular complexity index is 684. The Labute approximate surface area is 148 Å². The number of sulfonamides is 1. The summed E-state index contributed by atoms with van der Waals surface area (Å²) in [5.41, 5.74) is 0.433. The molecule has 1 heterocycles. The minimum absolute atomic E-state index is 0.0160. The van der Waals surface area contributed by atoms with Crippen LogP contribution in [0, 0.1) is 0 Å². The van der Waals surface area contributed by atoms with Gasteiger partial charge in [-0.2, -0.15) is 4.31 Å². The first-order chi connectivity index (χ1) is 11.4. The Morgan fingerprint density at radius 3 is 2.62 bits per heavy atom. The zero-order valence-electron chi connectivity index (χ0n) is 14.0. The minimum atomic E-state index is -3.68. The number of nitrogens with one attached hydrogen (secondary N) is 2. The summed E-state index contributed by atoms with van der Waals surface area (Å²) in [6.45, 7) is 5.08. The molecule has 134 valence electrons. The molecule has 2 N–H and O–H groups in total. The predicted octanol–water partition coefficient (Wildman–Crippen LogP) is 2.45. The van der Waals surface area contributed by atoms with Crippen LogP contribution in [0.5, 0.6) is 0 Å². The zero-order chi connectivity index (χ0) is 17.7. The molecule has 1 saturated heterocycles. The number of benzene rings is 1. The van der Waals surface area contributed by atoms with Gasteiger partial charge in [-0.1, -0.05) is 31.9 Å². The molecule has 1 aliphatic rings. The lowest BCUT2D eigenvalue weighted by Gasteiger charge is -2.23. The first kappa shape index (κ1) is 19.2. The van der Waals surface area contributed by atoms with Crippen molar-refractivity contribution in [1.82, 2.24) is 9.62 Å². The van der Waals surface area contributed by atoms with E-state index in [1.807, 2.05) is 0 Å². The maximum absolute atomic E-state index is 12.7. The lowest BCUT2D eigenvalue weighted by molar-refractivity contribution is -0.118. The van der Waals surface area contributed by atoms with Gasteiger partial charge in [0, 0.05) is 18.8 Å². The van der Waals surface area contributed by atoms with E-state index in [1.165, 1.54) is 16.4 Å². The van der Waals surface area contributed by atoms with Crippen LogP contribution in [0.25, 0.3) is 0 Å². The van der Waals surface area contributed by atoms with Gasteiger partial charge < -0.3 is 10.6 Å². The molecule has 8 heteroatoms. The fourth-order valence-electron chi connectivity index (χ4n) is 2.79. The second kappa shape index (κ2) is 8.29. The topological polar surface area (TPSA) is 78.5 Å². The summed E-state index contributed by atoms with van der Waals surface area (Å²) in [4.78, 5) is 12.3. The fraction of sp³-hybridized carbons (Fsp3) is 0.562. The lowest BCUT2D eigenvalue weighted by Crippen LogP contribution is -2.43. The number of carbonyl (C=O) groups excluding carboxylic acids is 1. The first-order valence-corrected chi connectivity index (χ1v) is 10.1. The van der Waals surface area contributed by atoms with Gasteiger partial charge in [-0.3, -0.25) is 4.79 Å². The van der Waals surface area contributed by atoms with Crippen molar-refractivity contribution in [1.29, 1.82) is 0 Å². The molecule has 1 aliphatic heterocycles. The molecule has 1 aromatic rings. The zero-order valence-corrected chi connectivity index (χ0v) is 15.6. The Hall–Kier alpha value is -1.15. The molecular formula is C16H24ClN3O3S. The third kappa shape index (κ3) is 4.27. The van der Waals surface area contributed by atoms with Crippen molar-refractivity contribution in [3.63, 3.8) is 0 Å². The van der Waals surface area contributed by atoms with Crippen molar-refractivity contribution in [3.8, 4) is 0 Å². The number of hydrogen-bond donors (Lipinski definition) is 2. The third-order valence-electron chi connectivity index (χ3n) is 4.15. The highest BCUT2D eigenvalue weighted by molar-refractivity contribution is 7.89. The average molecular weight is 374 g/mol. The molecule has 0 saturated carbocycles. The van der Waals surface area contributed by atoms with Crippen LogP contribution in [0.2, 0.25) is 5.02 Å². The molecule has 0 spiro atoms. The number of hydrogen-bond acceptors (Lipinski definition) is 4. The van der Waals surface area contributed by atoms with E-state index in [-0.39, 0.29) is 21.9 Å². The maximum atomic E-state index is 12.7. The molecule has 1 amide bonds. The minimum Gasteiger partial charge on any atom is -0.325 e. The summed E-state index contributed by atoms with van der Waals surface area (Å²) in [5, 5.41) is 6.10. The van der Waals surface area contributed by atoms with Gasteiger partial charge in [-0.25, -0.2) is 8.42 Å². The second-order valence-electron chi connectivity index (χ2n) is 5.73. The third-order valence-corrected chi connectivity index (χ3v) is 6.68. The quantitative estimate of drug-likeness (QED) is 0.802. The summed E-state index contributed by atoms with van der Waals surface area (Å²) >= 11 is 6.09. The van der Waals surface area contributed by atoms with E-state index in [0.717, 1.165) is 25.8 Å². The molecule has 0 aromatic heterocycles. The van der Waals surface area contributed by atoms with Gasteiger partial charge in [0.1, 0.15) is 4.90 Å². The van der Waals surface area contributed by atoms with Crippen LogP contribution in [0.3, 0.4) is 0 Å². The SMILES string of the molecule is CCN(CC)S(=O)(=O)c1cc(NC(=O)C2CCCCN2)ccc1Cl. The summed E-state index contributed by atoms with van der Waals surface area (Å²) < 4.78 is 26.7. The number of nitrogens with zero attached hydrogens (tertiary/aromatic N) is 1. The Balaban J connectivity index is 2.23. The molecule has 1 atom stereocenters. The maximum Gasteiger partial charge on any atom is 0.244 e. The van der Waals surface area contributed by atoms with Crippen LogP contribution < -0.4 is 10.6 Å². The van der Waals surface area contributed by atoms with Crippen molar-refractivity contribution in [2.24, 2.45) is 0 Å². The molecule has 1 fully saturated rings. The van der Waals surface area contributed by atoms with Crippen molar-refractivity contribution in [3.05, 3.63) is 23.2 Å². The van der Waals surface area contributed by atoms with Gasteiger partial charge in [0.15, 0.2) is 0 Å². The highest BCUT2D eigenvalue weighted by Gasteiger charge is 2.26. The number of amides is 1. The van der Waals surface area contributed by atoms with E-state index in [4.69, 9.17) is 11.6 Å². The van der Waals surface area contributed by atoms with Crippen molar-refractivity contribution in [2.45, 2.75) is 44.0 Å². The molecule has 0 aliphatic carbocycles. The van der Waals surface area contributed by atoms with Crippen molar-refractivity contribution >= 4 is 33.2 Å². The van der Waals surface area contributed by atoms with Crippen LogP contribution >= 0.6 is 11.6 Å². The Kier molecular flexibility index (Phi) is 6.62. The number of anilines is 1. The normalized spacial score (nSPS) is 18.6. The van der Waals surface area contributed by atoms with E-state index < -0.39 is 10.0 Å². The van der Waals surface area contributed by atoms with Gasteiger partial charge in [-0.05, 0) is 37.6 Å². The van der Waals surface area contributed by atoms with Crippen LogP contribution in [-0.2, 0) is 14.8 Å². The summed E-state index contributed by atoms with van der Waals surface area (Å²) in [6, 6.07) is 4.31. The van der Waals surface area contributed by atoms with E-state index in [2.05, 4.69) is 10.6 Å². The summed E-state index contributed by atoms with van der Waals surface area (Å²) in [6.07, 6.45) is 2.86. The standard InChI is InChI=1S/C16H24ClN3O3S/c1-3-20(4-2)24(22,23)15-11-12(8-9-13(15)17)19-16(21)14-7-5-6-10-18-14/h8-9,11,14,18H,3-7,10H2,1-2H3,(H,19,21). The number of rotatable bonds is 6.